The van der Waals surface area contributed by atoms with Crippen LogP contribution < -0.4 is 10.9 Å². The summed E-state index contributed by atoms with van der Waals surface area (Å²) in [7, 11) is 1.66. The van der Waals surface area contributed by atoms with Crippen molar-refractivity contribution in [3.63, 3.8) is 0 Å². The van der Waals surface area contributed by atoms with Crippen LogP contribution in [-0.4, -0.2) is 53.5 Å². The number of hydrogen-bond acceptors (Lipinski definition) is 4. The Hall–Kier alpha value is -1.96. The lowest BCUT2D eigenvalue weighted by atomic mass is 10.0. The van der Waals surface area contributed by atoms with Gasteiger partial charge in [-0.15, -0.1) is 0 Å². The second-order valence-corrected chi connectivity index (χ2v) is 6.76. The van der Waals surface area contributed by atoms with Crippen molar-refractivity contribution < 1.29 is 9.84 Å². The maximum absolute atomic E-state index is 12.5. The average molecular weight is 378 g/mol. The summed E-state index contributed by atoms with van der Waals surface area (Å²) in [6, 6.07) is 5.96. The summed E-state index contributed by atoms with van der Waals surface area (Å²) in [5.74, 6) is 0. The molecule has 1 heterocycles. The van der Waals surface area contributed by atoms with E-state index >= 15 is 0 Å². The Bertz CT molecular complexity index is 820. The summed E-state index contributed by atoms with van der Waals surface area (Å²) in [6.45, 7) is 6.08. The summed E-state index contributed by atoms with van der Waals surface area (Å²) >= 11 is 5.42. The Morgan fingerprint density at radius 2 is 2.04 bits per heavy atom. The fourth-order valence-corrected chi connectivity index (χ4v) is 3.00. The zero-order chi connectivity index (χ0) is 19.1. The lowest BCUT2D eigenvalue weighted by Crippen LogP contribution is -2.42. The predicted molar refractivity (Wildman–Crippen MR) is 109 cm³/mol. The highest BCUT2D eigenvalue weighted by atomic mass is 32.1. The second kappa shape index (κ2) is 9.66. The van der Waals surface area contributed by atoms with E-state index in [4.69, 9.17) is 17.0 Å². The largest absolute Gasteiger partial charge is 0.395 e. The Morgan fingerprint density at radius 1 is 1.31 bits per heavy atom. The smallest absolute Gasteiger partial charge is 0.253 e. The highest BCUT2D eigenvalue weighted by Gasteiger charge is 2.13. The van der Waals surface area contributed by atoms with Gasteiger partial charge in [-0.25, -0.2) is 0 Å². The van der Waals surface area contributed by atoms with Crippen LogP contribution in [0.1, 0.15) is 23.1 Å². The van der Waals surface area contributed by atoms with Crippen molar-refractivity contribution in [1.82, 2.24) is 15.2 Å². The van der Waals surface area contributed by atoms with Gasteiger partial charge in [0.05, 0.1) is 13.2 Å². The molecule has 142 valence electrons. The zero-order valence-electron chi connectivity index (χ0n) is 15.6. The predicted octanol–water partition coefficient (Wildman–Crippen LogP) is 1.85. The average Bonchev–Trinajstić information content (AvgIpc) is 2.60. The Balaban J connectivity index is 2.19. The minimum Gasteiger partial charge on any atom is -0.395 e. The topological polar surface area (TPSA) is 77.6 Å². The number of aryl methyl sites for hydroxylation is 2. The molecule has 0 fully saturated rings. The van der Waals surface area contributed by atoms with Gasteiger partial charge in [0, 0.05) is 37.9 Å². The number of rotatable bonds is 8. The molecular weight excluding hydrogens is 350 g/mol. The number of fused-ring (bicyclic) bond motifs is 1. The van der Waals surface area contributed by atoms with E-state index in [9.17, 15) is 9.90 Å². The van der Waals surface area contributed by atoms with Gasteiger partial charge in [0.15, 0.2) is 5.11 Å². The Labute approximate surface area is 159 Å². The van der Waals surface area contributed by atoms with Crippen molar-refractivity contribution in [3.8, 4) is 0 Å². The van der Waals surface area contributed by atoms with E-state index in [1.807, 2.05) is 19.1 Å². The van der Waals surface area contributed by atoms with Crippen LogP contribution in [-0.2, 0) is 11.3 Å². The molecule has 2 aromatic rings. The summed E-state index contributed by atoms with van der Waals surface area (Å²) in [5, 5.41) is 14.0. The molecule has 2 rings (SSSR count). The molecule has 0 bridgehead atoms. The number of nitrogens with zero attached hydrogens (tertiary/aromatic N) is 1. The molecule has 0 atom stereocenters. The van der Waals surface area contributed by atoms with Gasteiger partial charge in [-0.05, 0) is 67.2 Å². The van der Waals surface area contributed by atoms with Crippen molar-refractivity contribution in [1.29, 1.82) is 0 Å². The van der Waals surface area contributed by atoms with Crippen LogP contribution in [0.25, 0.3) is 10.9 Å². The maximum Gasteiger partial charge on any atom is 0.253 e. The van der Waals surface area contributed by atoms with Crippen molar-refractivity contribution in [2.24, 2.45) is 0 Å². The zero-order valence-corrected chi connectivity index (χ0v) is 16.4. The minimum atomic E-state index is -0.133. The molecule has 26 heavy (non-hydrogen) atoms. The number of H-pyrrole nitrogens is 1. The highest BCUT2D eigenvalue weighted by molar-refractivity contribution is 7.80. The molecule has 0 aliphatic rings. The van der Waals surface area contributed by atoms with Crippen LogP contribution >= 0.6 is 12.2 Å². The third-order valence-electron chi connectivity index (χ3n) is 4.36. The third kappa shape index (κ3) is 5.27. The van der Waals surface area contributed by atoms with Crippen LogP contribution in [0, 0.1) is 13.8 Å². The number of ether oxygens (including phenoxy) is 1. The molecule has 6 nitrogen and oxygen atoms in total. The first-order valence-electron chi connectivity index (χ1n) is 8.72. The quantitative estimate of drug-likeness (QED) is 0.481. The first kappa shape index (κ1) is 20.4. The Morgan fingerprint density at radius 3 is 2.73 bits per heavy atom. The van der Waals surface area contributed by atoms with Crippen LogP contribution in [0.3, 0.4) is 0 Å². The van der Waals surface area contributed by atoms with E-state index in [1.165, 1.54) is 5.56 Å². The number of methoxy groups -OCH3 is 1. The number of hydrogen-bond donors (Lipinski definition) is 3. The van der Waals surface area contributed by atoms with Gasteiger partial charge in [0.1, 0.15) is 0 Å². The highest BCUT2D eigenvalue weighted by Crippen LogP contribution is 2.17. The monoisotopic (exact) mass is 377 g/mol. The van der Waals surface area contributed by atoms with E-state index in [0.717, 1.165) is 22.9 Å². The van der Waals surface area contributed by atoms with Gasteiger partial charge in [-0.1, -0.05) is 0 Å². The number of benzene rings is 1. The van der Waals surface area contributed by atoms with E-state index < -0.39 is 0 Å². The van der Waals surface area contributed by atoms with Crippen LogP contribution in [0.4, 0.5) is 0 Å². The van der Waals surface area contributed by atoms with Crippen molar-refractivity contribution in [3.05, 3.63) is 45.2 Å². The lowest BCUT2D eigenvalue weighted by molar-refractivity contribution is 0.195. The van der Waals surface area contributed by atoms with Gasteiger partial charge in [0.25, 0.3) is 5.56 Å². The van der Waals surface area contributed by atoms with Gasteiger partial charge in [-0.3, -0.25) is 4.79 Å². The number of aliphatic hydroxyl groups is 1. The first-order chi connectivity index (χ1) is 12.5. The van der Waals surface area contributed by atoms with E-state index in [1.54, 1.807) is 12.0 Å². The molecule has 0 saturated carbocycles. The third-order valence-corrected chi connectivity index (χ3v) is 4.76. The second-order valence-electron chi connectivity index (χ2n) is 6.37. The molecule has 1 aromatic carbocycles. The van der Waals surface area contributed by atoms with Crippen molar-refractivity contribution in [2.45, 2.75) is 26.8 Å². The van der Waals surface area contributed by atoms with Crippen LogP contribution in [0.5, 0.6) is 0 Å². The first-order valence-corrected chi connectivity index (χ1v) is 9.12. The summed E-state index contributed by atoms with van der Waals surface area (Å²) in [4.78, 5) is 17.2. The number of pyridine rings is 1. The number of aromatic nitrogens is 1. The number of aromatic amines is 1. The van der Waals surface area contributed by atoms with Gasteiger partial charge in [0.2, 0.25) is 0 Å². The molecular formula is C19H27N3O3S. The van der Waals surface area contributed by atoms with Crippen molar-refractivity contribution in [2.75, 3.05) is 33.4 Å². The summed E-state index contributed by atoms with van der Waals surface area (Å²) in [6.07, 6.45) is 0.832. The molecule has 3 N–H and O–H groups in total. The van der Waals surface area contributed by atoms with Crippen molar-refractivity contribution >= 4 is 28.2 Å². The van der Waals surface area contributed by atoms with Gasteiger partial charge >= 0.3 is 0 Å². The fraction of sp³-hybridized carbons (Fsp3) is 0.474. The molecule has 0 amide bonds. The molecule has 1 aromatic heterocycles. The van der Waals surface area contributed by atoms with Gasteiger partial charge in [-0.2, -0.15) is 0 Å². The van der Waals surface area contributed by atoms with Gasteiger partial charge < -0.3 is 25.0 Å². The molecule has 0 saturated heterocycles. The molecule has 0 radical (unpaired) electrons. The van der Waals surface area contributed by atoms with E-state index in [2.05, 4.69) is 23.3 Å². The summed E-state index contributed by atoms with van der Waals surface area (Å²) in [5.41, 5.74) is 3.64. The normalized spacial score (nSPS) is 10.9. The molecule has 7 heteroatoms. The number of thiocarbonyl (C=S) groups is 1. The van der Waals surface area contributed by atoms with E-state index in [0.29, 0.717) is 36.9 Å². The molecule has 0 aliphatic carbocycles. The van der Waals surface area contributed by atoms with E-state index in [-0.39, 0.29) is 12.2 Å². The SMILES string of the molecule is COCCCNC(=S)N(CCO)Cc1cc2cc(C)c(C)cc2[nH]c1=O. The number of nitrogens with one attached hydrogen (secondary N) is 2. The maximum atomic E-state index is 12.5. The summed E-state index contributed by atoms with van der Waals surface area (Å²) < 4.78 is 5.02. The minimum absolute atomic E-state index is 0.0380. The molecule has 0 aliphatic heterocycles. The Kier molecular flexibility index (Phi) is 7.56. The lowest BCUT2D eigenvalue weighted by Gasteiger charge is -2.25. The number of aliphatic hydroxyl groups excluding tert-OH is 1. The van der Waals surface area contributed by atoms with Crippen LogP contribution in [0.2, 0.25) is 0 Å². The molecule has 0 unspecified atom stereocenters. The standard InChI is InChI=1S/C19H27N3O3S/c1-13-9-15-11-16(18(24)21-17(15)10-14(13)2)12-22(6-7-23)19(26)20-5-4-8-25-3/h9-11,23H,4-8,12H2,1-3H3,(H,20,26)(H,21,24). The van der Waals surface area contributed by atoms with Crippen LogP contribution in [0.15, 0.2) is 23.0 Å². The fourth-order valence-electron chi connectivity index (χ4n) is 2.74. The molecule has 0 spiro atoms.